The molecule has 0 radical (unpaired) electrons. The molecule has 0 aromatic heterocycles. The molecule has 1 fully saturated rings. The SMILES string of the molecule is CC(C)=CC[C@@H](O)/C(C)=C/CO[C@@H]1O[C@H](CO)[C@H](O)[C@H](O)[C@H]1O. The second kappa shape index (κ2) is 9.48. The molecule has 5 N–H and O–H groups in total. The Morgan fingerprint density at radius 1 is 1.09 bits per heavy atom. The van der Waals surface area contributed by atoms with E-state index in [0.29, 0.717) is 12.0 Å². The van der Waals surface area contributed by atoms with Crippen molar-refractivity contribution in [1.82, 2.24) is 0 Å². The van der Waals surface area contributed by atoms with E-state index < -0.39 is 43.4 Å². The van der Waals surface area contributed by atoms with Gasteiger partial charge in [0.05, 0.1) is 19.3 Å². The quantitative estimate of drug-likeness (QED) is 0.397. The number of aliphatic hydroxyl groups is 5. The largest absolute Gasteiger partial charge is 0.394 e. The van der Waals surface area contributed by atoms with Gasteiger partial charge in [-0.25, -0.2) is 0 Å². The normalized spacial score (nSPS) is 33.4. The van der Waals surface area contributed by atoms with Crippen LogP contribution < -0.4 is 0 Å². The fourth-order valence-corrected chi connectivity index (χ4v) is 2.15. The summed E-state index contributed by atoms with van der Waals surface area (Å²) in [5, 5.41) is 48.2. The van der Waals surface area contributed by atoms with E-state index in [9.17, 15) is 20.4 Å². The van der Waals surface area contributed by atoms with E-state index in [-0.39, 0.29) is 6.61 Å². The van der Waals surface area contributed by atoms with Crippen molar-refractivity contribution in [3.63, 3.8) is 0 Å². The minimum Gasteiger partial charge on any atom is -0.394 e. The molecule has 0 spiro atoms. The maximum atomic E-state index is 9.96. The zero-order chi connectivity index (χ0) is 17.6. The molecule has 1 heterocycles. The Hall–Kier alpha value is -0.800. The highest BCUT2D eigenvalue weighted by atomic mass is 16.7. The molecule has 0 aromatic carbocycles. The fraction of sp³-hybridized carbons (Fsp3) is 0.750. The molecular formula is C16H28O7. The predicted octanol–water partition coefficient (Wildman–Crippen LogP) is -0.534. The molecule has 1 aliphatic rings. The standard InChI is InChI=1S/C16H28O7/c1-9(2)4-5-11(18)10(3)6-7-22-16-15(21)14(20)13(19)12(8-17)23-16/h4,6,11-21H,5,7-8H2,1-3H3/b10-6+/t11-,12-,13+,14+,15-,16-/m1/s1. The number of hydrogen-bond acceptors (Lipinski definition) is 7. The second-order valence-electron chi connectivity index (χ2n) is 6.01. The first kappa shape index (κ1) is 20.2. The smallest absolute Gasteiger partial charge is 0.187 e. The van der Waals surface area contributed by atoms with Crippen LogP contribution in [0.4, 0.5) is 0 Å². The molecule has 23 heavy (non-hydrogen) atoms. The highest BCUT2D eigenvalue weighted by Crippen LogP contribution is 2.22. The first-order valence-corrected chi connectivity index (χ1v) is 7.68. The maximum absolute atomic E-state index is 9.96. The van der Waals surface area contributed by atoms with Crippen molar-refractivity contribution in [2.45, 2.75) is 64.0 Å². The van der Waals surface area contributed by atoms with Crippen LogP contribution in [0.3, 0.4) is 0 Å². The molecule has 0 unspecified atom stereocenters. The van der Waals surface area contributed by atoms with Crippen LogP contribution in [0.15, 0.2) is 23.3 Å². The summed E-state index contributed by atoms with van der Waals surface area (Å²) < 4.78 is 10.6. The monoisotopic (exact) mass is 332 g/mol. The van der Waals surface area contributed by atoms with Crippen molar-refractivity contribution in [1.29, 1.82) is 0 Å². The van der Waals surface area contributed by atoms with Crippen LogP contribution in [-0.4, -0.2) is 75.6 Å². The first-order valence-electron chi connectivity index (χ1n) is 7.68. The van der Waals surface area contributed by atoms with Crippen LogP contribution in [0.1, 0.15) is 27.2 Å². The van der Waals surface area contributed by atoms with Gasteiger partial charge in [0.2, 0.25) is 0 Å². The lowest BCUT2D eigenvalue weighted by atomic mass is 9.99. The highest BCUT2D eigenvalue weighted by molar-refractivity contribution is 5.08. The van der Waals surface area contributed by atoms with E-state index in [0.717, 1.165) is 5.57 Å². The lowest BCUT2D eigenvalue weighted by Gasteiger charge is -2.39. The van der Waals surface area contributed by atoms with E-state index in [1.807, 2.05) is 19.9 Å². The molecule has 7 nitrogen and oxygen atoms in total. The Balaban J connectivity index is 2.53. The van der Waals surface area contributed by atoms with Gasteiger partial charge in [-0.3, -0.25) is 0 Å². The molecule has 134 valence electrons. The van der Waals surface area contributed by atoms with Gasteiger partial charge in [-0.1, -0.05) is 17.7 Å². The molecule has 0 amide bonds. The van der Waals surface area contributed by atoms with Crippen LogP contribution in [0, 0.1) is 0 Å². The number of ether oxygens (including phenoxy) is 2. The third-order valence-corrected chi connectivity index (χ3v) is 3.79. The van der Waals surface area contributed by atoms with Gasteiger partial charge >= 0.3 is 0 Å². The average molecular weight is 332 g/mol. The van der Waals surface area contributed by atoms with E-state index in [4.69, 9.17) is 14.6 Å². The summed E-state index contributed by atoms with van der Waals surface area (Å²) in [7, 11) is 0. The minimum absolute atomic E-state index is 0.0560. The lowest BCUT2D eigenvalue weighted by molar-refractivity contribution is -0.298. The van der Waals surface area contributed by atoms with Gasteiger partial charge in [0.25, 0.3) is 0 Å². The van der Waals surface area contributed by atoms with E-state index in [1.54, 1.807) is 13.0 Å². The van der Waals surface area contributed by atoms with E-state index in [1.165, 1.54) is 0 Å². The molecule has 1 rings (SSSR count). The summed E-state index contributed by atoms with van der Waals surface area (Å²) in [6.45, 7) is 5.23. The van der Waals surface area contributed by atoms with Crippen molar-refractivity contribution in [3.05, 3.63) is 23.3 Å². The first-order chi connectivity index (χ1) is 10.8. The summed E-state index contributed by atoms with van der Waals surface area (Å²) in [5.74, 6) is 0. The second-order valence-corrected chi connectivity index (χ2v) is 6.01. The number of hydrogen-bond donors (Lipinski definition) is 5. The van der Waals surface area contributed by atoms with Crippen LogP contribution >= 0.6 is 0 Å². The Morgan fingerprint density at radius 3 is 2.30 bits per heavy atom. The third-order valence-electron chi connectivity index (χ3n) is 3.79. The molecule has 6 atom stereocenters. The van der Waals surface area contributed by atoms with E-state index in [2.05, 4.69) is 0 Å². The van der Waals surface area contributed by atoms with Gasteiger partial charge in [-0.15, -0.1) is 0 Å². The average Bonchev–Trinajstić information content (AvgIpc) is 2.52. The summed E-state index contributed by atoms with van der Waals surface area (Å²) >= 11 is 0. The number of rotatable bonds is 7. The maximum Gasteiger partial charge on any atom is 0.187 e. The molecule has 0 bridgehead atoms. The zero-order valence-corrected chi connectivity index (χ0v) is 13.8. The van der Waals surface area contributed by atoms with Gasteiger partial charge in [-0.05, 0) is 32.8 Å². The van der Waals surface area contributed by atoms with Crippen molar-refractivity contribution >= 4 is 0 Å². The fourth-order valence-electron chi connectivity index (χ4n) is 2.15. The Kier molecular flexibility index (Phi) is 8.35. The molecule has 1 aliphatic heterocycles. The van der Waals surface area contributed by atoms with Gasteiger partial charge in [0.1, 0.15) is 24.4 Å². The number of allylic oxidation sites excluding steroid dienone is 1. The van der Waals surface area contributed by atoms with Crippen LogP contribution in [0.25, 0.3) is 0 Å². The minimum atomic E-state index is -1.46. The Morgan fingerprint density at radius 2 is 1.74 bits per heavy atom. The van der Waals surface area contributed by atoms with Crippen molar-refractivity contribution in [2.75, 3.05) is 13.2 Å². The Bertz CT molecular complexity index is 415. The van der Waals surface area contributed by atoms with Gasteiger partial charge in [0, 0.05) is 0 Å². The Labute approximate surface area is 136 Å². The zero-order valence-electron chi connectivity index (χ0n) is 13.8. The molecular weight excluding hydrogens is 304 g/mol. The summed E-state index contributed by atoms with van der Waals surface area (Å²) in [5.41, 5.74) is 1.83. The van der Waals surface area contributed by atoms with Crippen molar-refractivity contribution in [3.8, 4) is 0 Å². The van der Waals surface area contributed by atoms with Crippen molar-refractivity contribution < 1.29 is 35.0 Å². The summed E-state index contributed by atoms with van der Waals surface area (Å²) in [4.78, 5) is 0. The lowest BCUT2D eigenvalue weighted by Crippen LogP contribution is -2.59. The van der Waals surface area contributed by atoms with Crippen LogP contribution in [-0.2, 0) is 9.47 Å². The van der Waals surface area contributed by atoms with Gasteiger partial charge < -0.3 is 35.0 Å². The van der Waals surface area contributed by atoms with Gasteiger partial charge in [-0.2, -0.15) is 0 Å². The molecule has 0 saturated carbocycles. The third kappa shape index (κ3) is 5.96. The van der Waals surface area contributed by atoms with Crippen molar-refractivity contribution in [2.24, 2.45) is 0 Å². The molecule has 1 saturated heterocycles. The topological polar surface area (TPSA) is 120 Å². The van der Waals surface area contributed by atoms with E-state index >= 15 is 0 Å². The number of aliphatic hydroxyl groups excluding tert-OH is 5. The highest BCUT2D eigenvalue weighted by Gasteiger charge is 2.43. The molecule has 7 heteroatoms. The van der Waals surface area contributed by atoms with Crippen LogP contribution in [0.5, 0.6) is 0 Å². The summed E-state index contributed by atoms with van der Waals surface area (Å²) in [6, 6.07) is 0. The summed E-state index contributed by atoms with van der Waals surface area (Å²) in [6.07, 6.45) is -2.97. The predicted molar refractivity (Wildman–Crippen MR) is 83.5 cm³/mol. The molecule has 0 aliphatic carbocycles. The van der Waals surface area contributed by atoms with Crippen LogP contribution in [0.2, 0.25) is 0 Å². The van der Waals surface area contributed by atoms with Gasteiger partial charge in [0.15, 0.2) is 6.29 Å². The molecule has 0 aromatic rings.